The van der Waals surface area contributed by atoms with Crippen LogP contribution in [-0.4, -0.2) is 58.8 Å². The maximum atomic E-state index is 14.0. The van der Waals surface area contributed by atoms with Crippen molar-refractivity contribution in [2.24, 2.45) is 5.92 Å². The number of allylic oxidation sites excluding steroid dienone is 1. The second kappa shape index (κ2) is 10.1. The summed E-state index contributed by atoms with van der Waals surface area (Å²) in [6, 6.07) is 14.4. The van der Waals surface area contributed by atoms with E-state index in [-0.39, 0.29) is 47.3 Å². The fourth-order valence-electron chi connectivity index (χ4n) is 5.49. The number of rotatable bonds is 6. The lowest BCUT2D eigenvalue weighted by Crippen LogP contribution is -2.44. The van der Waals surface area contributed by atoms with Gasteiger partial charge < -0.3 is 24.8 Å². The van der Waals surface area contributed by atoms with Gasteiger partial charge in [-0.25, -0.2) is 0 Å². The number of aromatic nitrogens is 1. The molecule has 0 unspecified atom stereocenters. The van der Waals surface area contributed by atoms with Gasteiger partial charge in [-0.1, -0.05) is 44.2 Å². The zero-order valence-corrected chi connectivity index (χ0v) is 22.1. The Balaban J connectivity index is 1.47. The lowest BCUT2D eigenvalue weighted by molar-refractivity contribution is -0.129. The smallest absolute Gasteiger partial charge is 0.387 e. The predicted molar refractivity (Wildman–Crippen MR) is 142 cm³/mol. The molecule has 1 saturated heterocycles. The second-order valence-electron chi connectivity index (χ2n) is 10.3. The Kier molecular flexibility index (Phi) is 6.79. The number of amides is 3. The molecule has 0 saturated carbocycles. The Hall–Kier alpha value is -4.72. The summed E-state index contributed by atoms with van der Waals surface area (Å²) in [5, 5.41) is 13.1. The Morgan fingerprint density at radius 1 is 1.23 bits per heavy atom. The topological polar surface area (TPSA) is 119 Å². The zero-order valence-electron chi connectivity index (χ0n) is 22.1. The van der Waals surface area contributed by atoms with Gasteiger partial charge in [-0.2, -0.15) is 14.0 Å². The molecule has 3 heterocycles. The van der Waals surface area contributed by atoms with E-state index in [4.69, 9.17) is 0 Å². The number of carbonyl (C=O) groups excluding carboxylic acids is 3. The SMILES string of the molecule is CC(C)/C=C(/C(=O)N1C[C@]2(C[C@H]1C#N)C(=O)Nc1ccccc12)N(C)C(=O)c1cc2c(OC(F)F)cccc2[nH]1. The highest BCUT2D eigenvalue weighted by Gasteiger charge is 2.56. The molecule has 1 aromatic heterocycles. The quantitative estimate of drug-likeness (QED) is 0.444. The van der Waals surface area contributed by atoms with Crippen LogP contribution in [0.2, 0.25) is 0 Å². The van der Waals surface area contributed by atoms with E-state index in [0.29, 0.717) is 11.2 Å². The maximum Gasteiger partial charge on any atom is 0.387 e. The van der Waals surface area contributed by atoms with Crippen LogP contribution < -0.4 is 10.1 Å². The van der Waals surface area contributed by atoms with Gasteiger partial charge in [0.15, 0.2) is 0 Å². The zero-order chi connectivity index (χ0) is 28.8. The van der Waals surface area contributed by atoms with Crippen molar-refractivity contribution >= 4 is 34.3 Å². The molecule has 3 amide bonds. The molecule has 11 heteroatoms. The van der Waals surface area contributed by atoms with Gasteiger partial charge in [-0.3, -0.25) is 14.4 Å². The van der Waals surface area contributed by atoms with Crippen LogP contribution in [0.3, 0.4) is 0 Å². The van der Waals surface area contributed by atoms with Crippen LogP contribution in [-0.2, 0) is 15.0 Å². The van der Waals surface area contributed by atoms with Gasteiger partial charge in [0, 0.05) is 36.6 Å². The first-order valence-corrected chi connectivity index (χ1v) is 12.7. The molecule has 2 atom stereocenters. The number of H-pyrrole nitrogens is 1. The minimum absolute atomic E-state index is 0.0227. The first kappa shape index (κ1) is 26.9. The fraction of sp³-hybridized carbons (Fsp3) is 0.310. The van der Waals surface area contributed by atoms with Crippen molar-refractivity contribution in [3.05, 3.63) is 71.6 Å². The largest absolute Gasteiger partial charge is 0.434 e. The predicted octanol–water partition coefficient (Wildman–Crippen LogP) is 4.40. The number of benzene rings is 2. The number of anilines is 1. The number of hydrogen-bond acceptors (Lipinski definition) is 5. The van der Waals surface area contributed by atoms with Crippen LogP contribution in [0.15, 0.2) is 60.3 Å². The number of aromatic amines is 1. The van der Waals surface area contributed by atoms with Gasteiger partial charge in [0.1, 0.15) is 23.2 Å². The van der Waals surface area contributed by atoms with Crippen molar-refractivity contribution in [3.63, 3.8) is 0 Å². The third-order valence-electron chi connectivity index (χ3n) is 7.34. The van der Waals surface area contributed by atoms with E-state index in [9.17, 15) is 28.4 Å². The maximum absolute atomic E-state index is 14.0. The molecule has 2 aliphatic rings. The molecule has 3 aromatic rings. The number of nitrogens with zero attached hydrogens (tertiary/aromatic N) is 3. The molecule has 0 bridgehead atoms. The summed E-state index contributed by atoms with van der Waals surface area (Å²) >= 11 is 0. The van der Waals surface area contributed by atoms with E-state index in [1.54, 1.807) is 30.3 Å². The van der Waals surface area contributed by atoms with Gasteiger partial charge in [0.25, 0.3) is 11.8 Å². The van der Waals surface area contributed by atoms with E-state index in [2.05, 4.69) is 21.1 Å². The average Bonchev–Trinajstić information content (AvgIpc) is 3.61. The highest BCUT2D eigenvalue weighted by molar-refractivity contribution is 6.09. The minimum Gasteiger partial charge on any atom is -0.434 e. The third kappa shape index (κ3) is 4.45. The molecule has 1 fully saturated rings. The summed E-state index contributed by atoms with van der Waals surface area (Å²) in [5.41, 5.74) is 0.812. The van der Waals surface area contributed by atoms with Crippen molar-refractivity contribution in [2.45, 2.75) is 38.3 Å². The molecule has 0 aliphatic carbocycles. The number of alkyl halides is 2. The summed E-state index contributed by atoms with van der Waals surface area (Å²) < 4.78 is 30.3. The van der Waals surface area contributed by atoms with Gasteiger partial charge >= 0.3 is 6.61 Å². The summed E-state index contributed by atoms with van der Waals surface area (Å²) in [7, 11) is 1.43. The van der Waals surface area contributed by atoms with E-state index < -0.39 is 29.9 Å². The van der Waals surface area contributed by atoms with Gasteiger partial charge in [-0.15, -0.1) is 0 Å². The molecule has 2 aliphatic heterocycles. The molecule has 1 spiro atoms. The number of para-hydroxylation sites is 1. The highest BCUT2D eigenvalue weighted by atomic mass is 19.3. The highest BCUT2D eigenvalue weighted by Crippen LogP contribution is 2.46. The van der Waals surface area contributed by atoms with Crippen molar-refractivity contribution in [2.75, 3.05) is 18.9 Å². The van der Waals surface area contributed by atoms with Gasteiger partial charge in [0.2, 0.25) is 5.91 Å². The summed E-state index contributed by atoms with van der Waals surface area (Å²) in [5.74, 6) is -1.67. The monoisotopic (exact) mass is 547 g/mol. The van der Waals surface area contributed by atoms with E-state index in [0.717, 1.165) is 5.56 Å². The summed E-state index contributed by atoms with van der Waals surface area (Å²) in [4.78, 5) is 46.1. The molecule has 2 N–H and O–H groups in total. The van der Waals surface area contributed by atoms with Crippen molar-refractivity contribution in [3.8, 4) is 11.8 Å². The van der Waals surface area contributed by atoms with Crippen LogP contribution in [0.25, 0.3) is 10.9 Å². The fourth-order valence-corrected chi connectivity index (χ4v) is 5.49. The Morgan fingerprint density at radius 3 is 2.67 bits per heavy atom. The van der Waals surface area contributed by atoms with Crippen molar-refractivity contribution < 1.29 is 27.9 Å². The Bertz CT molecular complexity index is 1590. The summed E-state index contributed by atoms with van der Waals surface area (Å²) in [6.07, 6.45) is 1.75. The standard InChI is InChI=1S/C29H27F2N5O4/c1-16(2)11-23(35(3)25(37)22-12-18-20(33-22)9-6-10-24(18)40-28(30)31)26(38)36-15-29(13-17(36)14-32)19-7-4-5-8-21(19)34-27(29)39/h4-12,16-17,28,33H,13,15H2,1-3H3,(H,34,39)/b23-11-/t17-,29-/m0/s1. The first-order chi connectivity index (χ1) is 19.1. The number of fused-ring (bicyclic) bond motifs is 3. The number of likely N-dealkylation sites (tertiary alicyclic amines) is 1. The van der Waals surface area contributed by atoms with E-state index in [1.165, 1.54) is 35.0 Å². The molecule has 40 heavy (non-hydrogen) atoms. The number of ether oxygens (including phenoxy) is 1. The van der Waals surface area contributed by atoms with E-state index in [1.807, 2.05) is 19.9 Å². The lowest BCUT2D eigenvalue weighted by atomic mass is 9.80. The number of hydrogen-bond donors (Lipinski definition) is 2. The second-order valence-corrected chi connectivity index (χ2v) is 10.3. The van der Waals surface area contributed by atoms with Crippen LogP contribution in [0, 0.1) is 17.2 Å². The van der Waals surface area contributed by atoms with Crippen molar-refractivity contribution in [1.29, 1.82) is 5.26 Å². The van der Waals surface area contributed by atoms with Crippen LogP contribution in [0.5, 0.6) is 5.75 Å². The lowest BCUT2D eigenvalue weighted by Gasteiger charge is -2.27. The van der Waals surface area contributed by atoms with Crippen LogP contribution in [0.4, 0.5) is 14.5 Å². The Morgan fingerprint density at radius 2 is 1.98 bits per heavy atom. The van der Waals surface area contributed by atoms with Crippen LogP contribution in [0.1, 0.15) is 36.3 Å². The molecule has 0 radical (unpaired) electrons. The first-order valence-electron chi connectivity index (χ1n) is 12.7. The van der Waals surface area contributed by atoms with Gasteiger partial charge in [-0.05, 0) is 35.7 Å². The number of halogens is 2. The number of nitrogens with one attached hydrogen (secondary N) is 2. The molecular weight excluding hydrogens is 520 g/mol. The molecule has 206 valence electrons. The average molecular weight is 548 g/mol. The third-order valence-corrected chi connectivity index (χ3v) is 7.34. The number of nitriles is 1. The molecule has 5 rings (SSSR count). The molecular formula is C29H27F2N5O4. The minimum atomic E-state index is -3.04. The number of likely N-dealkylation sites (N-methyl/N-ethyl adjacent to an activating group) is 1. The Labute approximate surface area is 229 Å². The normalized spacial score (nSPS) is 20.2. The molecule has 9 nitrogen and oxygen atoms in total. The van der Waals surface area contributed by atoms with E-state index >= 15 is 0 Å². The number of carbonyl (C=O) groups is 3. The summed E-state index contributed by atoms with van der Waals surface area (Å²) in [6.45, 7) is 0.629. The van der Waals surface area contributed by atoms with Crippen molar-refractivity contribution in [1.82, 2.24) is 14.8 Å². The van der Waals surface area contributed by atoms with Crippen LogP contribution >= 0.6 is 0 Å². The van der Waals surface area contributed by atoms with Gasteiger partial charge in [0.05, 0.1) is 11.5 Å². The molecule has 2 aromatic carbocycles.